The lowest BCUT2D eigenvalue weighted by molar-refractivity contribution is -0.192. The number of pyridine rings is 2. The molecule has 0 unspecified atom stereocenters. The predicted molar refractivity (Wildman–Crippen MR) is 111 cm³/mol. The Morgan fingerprint density at radius 1 is 1.09 bits per heavy atom. The summed E-state index contributed by atoms with van der Waals surface area (Å²) in [7, 11) is 1.52. The molecular weight excluding hydrogens is 447 g/mol. The fourth-order valence-corrected chi connectivity index (χ4v) is 2.36. The Labute approximate surface area is 184 Å². The van der Waals surface area contributed by atoms with Crippen molar-refractivity contribution in [1.29, 1.82) is 0 Å². The van der Waals surface area contributed by atoms with Crippen LogP contribution in [0.4, 0.5) is 18.9 Å². The van der Waals surface area contributed by atoms with E-state index in [0.29, 0.717) is 11.5 Å². The largest absolute Gasteiger partial charge is 0.493 e. The number of methoxy groups -OCH3 is 1. The number of hydrogen-bond acceptors (Lipinski definition) is 6. The lowest BCUT2D eigenvalue weighted by Crippen LogP contribution is -2.24. The lowest BCUT2D eigenvalue weighted by atomic mass is 10.1. The first-order valence-corrected chi connectivity index (χ1v) is 9.10. The number of anilines is 1. The molecule has 174 valence electrons. The number of para-hydroxylation sites is 2. The summed E-state index contributed by atoms with van der Waals surface area (Å²) in [5, 5.41) is 9.69. The van der Waals surface area contributed by atoms with Crippen LogP contribution in [0.3, 0.4) is 0 Å². The van der Waals surface area contributed by atoms with Crippen molar-refractivity contribution in [3.05, 3.63) is 71.4 Å². The van der Waals surface area contributed by atoms with E-state index in [4.69, 9.17) is 19.4 Å². The van der Waals surface area contributed by atoms with E-state index in [-0.39, 0.29) is 12.3 Å². The van der Waals surface area contributed by atoms with Crippen molar-refractivity contribution in [3.8, 4) is 22.6 Å². The second kappa shape index (κ2) is 11.3. The average Bonchev–Trinajstić information content (AvgIpc) is 2.79. The summed E-state index contributed by atoms with van der Waals surface area (Å²) in [4.78, 5) is 39.6. The summed E-state index contributed by atoms with van der Waals surface area (Å²) < 4.78 is 42.4. The van der Waals surface area contributed by atoms with Crippen molar-refractivity contribution in [3.63, 3.8) is 0 Å². The standard InChI is InChI=1S/C19H17N3O4.C2HF3O2/c1-25-16-4-2-3-5-17(16)26-12-18(23)22-15-10-14(11-21-19(15)24)13-6-8-20-9-7-13;3-2(4,5)1(6)7/h2-11H,12H2,1H3,(H,21,24)(H,22,23);(H,6,7). The zero-order valence-corrected chi connectivity index (χ0v) is 17.1. The fourth-order valence-electron chi connectivity index (χ4n) is 2.36. The quantitative estimate of drug-likeness (QED) is 0.510. The fraction of sp³-hybridized carbons (Fsp3) is 0.143. The number of carbonyl (C=O) groups is 2. The number of aromatic nitrogens is 2. The van der Waals surface area contributed by atoms with E-state index in [1.165, 1.54) is 7.11 Å². The zero-order chi connectivity index (χ0) is 24.4. The summed E-state index contributed by atoms with van der Waals surface area (Å²) in [5.41, 5.74) is 1.38. The van der Waals surface area contributed by atoms with E-state index in [1.807, 2.05) is 12.1 Å². The third-order valence-electron chi connectivity index (χ3n) is 3.86. The topological polar surface area (TPSA) is 131 Å². The van der Waals surface area contributed by atoms with Crippen LogP contribution in [-0.2, 0) is 9.59 Å². The molecule has 3 rings (SSSR count). The molecule has 33 heavy (non-hydrogen) atoms. The first-order chi connectivity index (χ1) is 15.6. The summed E-state index contributed by atoms with van der Waals surface area (Å²) in [6.07, 6.45) is -0.196. The molecule has 0 fully saturated rings. The summed E-state index contributed by atoms with van der Waals surface area (Å²) in [6, 6.07) is 12.2. The second-order valence-corrected chi connectivity index (χ2v) is 6.16. The number of hydrogen-bond donors (Lipinski definition) is 3. The smallest absolute Gasteiger partial charge is 0.490 e. The number of alkyl halides is 3. The molecule has 1 aromatic carbocycles. The van der Waals surface area contributed by atoms with Crippen molar-refractivity contribution >= 4 is 17.6 Å². The first-order valence-electron chi connectivity index (χ1n) is 9.10. The third-order valence-corrected chi connectivity index (χ3v) is 3.86. The molecule has 0 aliphatic heterocycles. The van der Waals surface area contributed by atoms with Gasteiger partial charge in [-0.25, -0.2) is 4.79 Å². The zero-order valence-electron chi connectivity index (χ0n) is 17.1. The molecule has 0 saturated heterocycles. The van der Waals surface area contributed by atoms with Gasteiger partial charge in [0, 0.05) is 24.2 Å². The Morgan fingerprint density at radius 3 is 2.27 bits per heavy atom. The maximum absolute atomic E-state index is 12.1. The second-order valence-electron chi connectivity index (χ2n) is 6.16. The van der Waals surface area contributed by atoms with Crippen molar-refractivity contribution < 1.29 is 37.3 Å². The number of aliphatic carboxylic acids is 1. The number of H-pyrrole nitrogens is 1. The van der Waals surface area contributed by atoms with E-state index in [1.54, 1.807) is 48.9 Å². The molecular formula is C21H18F3N3O6. The van der Waals surface area contributed by atoms with Crippen molar-refractivity contribution in [1.82, 2.24) is 9.97 Å². The molecule has 0 atom stereocenters. The van der Waals surface area contributed by atoms with Gasteiger partial charge in [-0.3, -0.25) is 14.6 Å². The van der Waals surface area contributed by atoms with Gasteiger partial charge in [0.1, 0.15) is 5.69 Å². The molecule has 2 heterocycles. The number of carboxylic acids is 1. The number of aromatic amines is 1. The number of benzene rings is 1. The number of halogens is 3. The van der Waals surface area contributed by atoms with E-state index in [0.717, 1.165) is 11.1 Å². The predicted octanol–water partition coefficient (Wildman–Crippen LogP) is 3.10. The van der Waals surface area contributed by atoms with Crippen LogP contribution in [-0.4, -0.2) is 46.8 Å². The number of rotatable bonds is 6. The molecule has 0 aliphatic rings. The van der Waals surface area contributed by atoms with Crippen LogP contribution in [0.5, 0.6) is 11.5 Å². The van der Waals surface area contributed by atoms with E-state index >= 15 is 0 Å². The Bertz CT molecular complexity index is 1150. The van der Waals surface area contributed by atoms with Crippen molar-refractivity contribution in [2.45, 2.75) is 6.18 Å². The molecule has 0 saturated carbocycles. The molecule has 0 radical (unpaired) electrons. The van der Waals surface area contributed by atoms with Crippen molar-refractivity contribution in [2.75, 3.05) is 19.0 Å². The number of ether oxygens (including phenoxy) is 2. The molecule has 0 bridgehead atoms. The van der Waals surface area contributed by atoms with Crippen molar-refractivity contribution in [2.24, 2.45) is 0 Å². The van der Waals surface area contributed by atoms with Gasteiger partial charge in [-0.1, -0.05) is 12.1 Å². The maximum Gasteiger partial charge on any atom is 0.490 e. The van der Waals surface area contributed by atoms with Crippen LogP contribution in [0.1, 0.15) is 0 Å². The Kier molecular flexibility index (Phi) is 8.55. The molecule has 3 N–H and O–H groups in total. The van der Waals surface area contributed by atoms with Gasteiger partial charge < -0.3 is 24.9 Å². The number of amides is 1. The van der Waals surface area contributed by atoms with Gasteiger partial charge in [-0.05, 0) is 35.9 Å². The minimum atomic E-state index is -5.08. The highest BCUT2D eigenvalue weighted by atomic mass is 19.4. The number of nitrogens with one attached hydrogen (secondary N) is 2. The van der Waals surface area contributed by atoms with Gasteiger partial charge >= 0.3 is 12.1 Å². The summed E-state index contributed by atoms with van der Waals surface area (Å²) in [5.74, 6) is -2.23. The third kappa shape index (κ3) is 7.69. The molecule has 9 nitrogen and oxygen atoms in total. The van der Waals surface area contributed by atoms with Crippen LogP contribution in [0, 0.1) is 0 Å². The van der Waals surface area contributed by atoms with E-state index in [9.17, 15) is 22.8 Å². The molecule has 3 aromatic rings. The Morgan fingerprint density at radius 2 is 1.70 bits per heavy atom. The molecule has 2 aromatic heterocycles. The maximum atomic E-state index is 12.1. The first kappa shape index (κ1) is 24.9. The van der Waals surface area contributed by atoms with Gasteiger partial charge in [0.15, 0.2) is 18.1 Å². The normalized spacial score (nSPS) is 10.4. The number of nitrogens with zero attached hydrogens (tertiary/aromatic N) is 1. The Balaban J connectivity index is 0.000000479. The van der Waals surface area contributed by atoms with Crippen LogP contribution in [0.15, 0.2) is 65.8 Å². The SMILES string of the molecule is COc1ccccc1OCC(=O)Nc1cc(-c2ccncc2)c[nH]c1=O.O=C(O)C(F)(F)F. The van der Waals surface area contributed by atoms with E-state index < -0.39 is 23.6 Å². The van der Waals surface area contributed by atoms with Gasteiger partial charge in [-0.2, -0.15) is 13.2 Å². The average molecular weight is 465 g/mol. The summed E-state index contributed by atoms with van der Waals surface area (Å²) in [6.45, 7) is -0.251. The van der Waals surface area contributed by atoms with Crippen LogP contribution in [0.2, 0.25) is 0 Å². The Hall–Kier alpha value is -4.35. The van der Waals surface area contributed by atoms with Gasteiger partial charge in [-0.15, -0.1) is 0 Å². The monoisotopic (exact) mass is 465 g/mol. The minimum absolute atomic E-state index is 0.146. The van der Waals surface area contributed by atoms with Crippen LogP contribution in [0.25, 0.3) is 11.1 Å². The summed E-state index contributed by atoms with van der Waals surface area (Å²) >= 11 is 0. The lowest BCUT2D eigenvalue weighted by Gasteiger charge is -2.10. The van der Waals surface area contributed by atoms with Crippen LogP contribution >= 0.6 is 0 Å². The van der Waals surface area contributed by atoms with Gasteiger partial charge in [0.05, 0.1) is 7.11 Å². The van der Waals surface area contributed by atoms with Gasteiger partial charge in [0.2, 0.25) is 0 Å². The molecule has 0 spiro atoms. The highest BCUT2D eigenvalue weighted by Gasteiger charge is 2.38. The molecule has 1 amide bonds. The molecule has 12 heteroatoms. The van der Waals surface area contributed by atoms with Crippen LogP contribution < -0.4 is 20.3 Å². The molecule has 0 aliphatic carbocycles. The van der Waals surface area contributed by atoms with E-state index in [2.05, 4.69) is 15.3 Å². The minimum Gasteiger partial charge on any atom is -0.493 e. The highest BCUT2D eigenvalue weighted by Crippen LogP contribution is 2.25. The number of carbonyl (C=O) groups excluding carboxylic acids is 1. The highest BCUT2D eigenvalue weighted by molar-refractivity contribution is 5.92. The number of carboxylic acid groups (broad SMARTS) is 1. The van der Waals surface area contributed by atoms with Gasteiger partial charge in [0.25, 0.3) is 11.5 Å².